The Morgan fingerprint density at radius 2 is 2.12 bits per heavy atom. The third kappa shape index (κ3) is 3.43. The number of hydrogen-bond acceptors (Lipinski definition) is 3. The van der Waals surface area contributed by atoms with Crippen LogP contribution in [0.4, 0.5) is 10.1 Å². The van der Waals surface area contributed by atoms with Gasteiger partial charge in [-0.25, -0.2) is 4.39 Å². The molecular formula is C20H21FN2O2. The number of hydrogen-bond donors (Lipinski definition) is 1. The molecule has 2 aliphatic rings. The number of ether oxygens (including phenoxy) is 1. The topological polar surface area (TPSA) is 41.6 Å². The molecule has 5 heteroatoms. The maximum absolute atomic E-state index is 13.4. The van der Waals surface area contributed by atoms with E-state index in [4.69, 9.17) is 4.74 Å². The first-order valence-electron chi connectivity index (χ1n) is 8.71. The van der Waals surface area contributed by atoms with E-state index < -0.39 is 0 Å². The fourth-order valence-electron chi connectivity index (χ4n) is 3.58. The highest BCUT2D eigenvalue weighted by molar-refractivity contribution is 5.96. The highest BCUT2D eigenvalue weighted by Crippen LogP contribution is 2.33. The Kier molecular flexibility index (Phi) is 4.51. The van der Waals surface area contributed by atoms with E-state index in [1.54, 1.807) is 6.07 Å². The fraction of sp³-hybridized carbons (Fsp3) is 0.350. The predicted octanol–water partition coefficient (Wildman–Crippen LogP) is 2.76. The van der Waals surface area contributed by atoms with E-state index in [1.165, 1.54) is 12.1 Å². The number of rotatable bonds is 3. The fourth-order valence-corrected chi connectivity index (χ4v) is 3.58. The quantitative estimate of drug-likeness (QED) is 0.934. The molecule has 4 nitrogen and oxygen atoms in total. The molecular weight excluding hydrogens is 319 g/mol. The molecule has 4 rings (SSSR count). The molecule has 1 atom stereocenters. The lowest BCUT2D eigenvalue weighted by Gasteiger charge is -2.26. The number of anilines is 1. The van der Waals surface area contributed by atoms with Gasteiger partial charge in [-0.15, -0.1) is 0 Å². The molecule has 2 aromatic rings. The molecule has 1 amide bonds. The average molecular weight is 340 g/mol. The van der Waals surface area contributed by atoms with Crippen molar-refractivity contribution in [3.63, 3.8) is 0 Å². The van der Waals surface area contributed by atoms with Crippen LogP contribution in [0.1, 0.15) is 12.0 Å². The van der Waals surface area contributed by atoms with E-state index in [2.05, 4.69) is 11.4 Å². The second kappa shape index (κ2) is 6.94. The minimum Gasteiger partial charge on any atom is -0.378 e. The van der Waals surface area contributed by atoms with Gasteiger partial charge in [0.1, 0.15) is 5.82 Å². The molecule has 2 heterocycles. The molecule has 1 saturated heterocycles. The van der Waals surface area contributed by atoms with Crippen LogP contribution in [-0.4, -0.2) is 38.3 Å². The maximum atomic E-state index is 13.4. The molecule has 0 aliphatic carbocycles. The molecule has 2 aromatic carbocycles. The van der Waals surface area contributed by atoms with Crippen LogP contribution in [0.2, 0.25) is 0 Å². The van der Waals surface area contributed by atoms with E-state index in [0.29, 0.717) is 26.2 Å². The smallest absolute Gasteiger partial charge is 0.228 e. The Morgan fingerprint density at radius 1 is 1.24 bits per heavy atom. The summed E-state index contributed by atoms with van der Waals surface area (Å²) < 4.78 is 18.9. The summed E-state index contributed by atoms with van der Waals surface area (Å²) in [6.07, 6.45) is 1.28. The average Bonchev–Trinajstić information content (AvgIpc) is 3.06. The normalized spacial score (nSPS) is 19.7. The van der Waals surface area contributed by atoms with Crippen molar-refractivity contribution in [1.29, 1.82) is 0 Å². The van der Waals surface area contributed by atoms with Crippen LogP contribution in [-0.2, 0) is 16.0 Å². The van der Waals surface area contributed by atoms with Crippen molar-refractivity contribution < 1.29 is 13.9 Å². The van der Waals surface area contributed by atoms with E-state index in [1.807, 2.05) is 23.1 Å². The molecule has 2 aliphatic heterocycles. The monoisotopic (exact) mass is 340 g/mol. The largest absolute Gasteiger partial charge is 0.378 e. The van der Waals surface area contributed by atoms with Crippen molar-refractivity contribution in [2.24, 2.45) is 0 Å². The van der Waals surface area contributed by atoms with Gasteiger partial charge in [0, 0.05) is 31.2 Å². The second-order valence-corrected chi connectivity index (χ2v) is 6.58. The minimum absolute atomic E-state index is 0.0943. The molecule has 1 N–H and O–H groups in total. The Bertz CT molecular complexity index is 787. The van der Waals surface area contributed by atoms with Gasteiger partial charge in [0.15, 0.2) is 0 Å². The summed E-state index contributed by atoms with van der Waals surface area (Å²) in [6, 6.07) is 12.7. The van der Waals surface area contributed by atoms with Crippen LogP contribution < -0.4 is 10.2 Å². The number of carbonyl (C=O) groups excluding carboxylic acids is 1. The predicted molar refractivity (Wildman–Crippen MR) is 95.1 cm³/mol. The van der Waals surface area contributed by atoms with Gasteiger partial charge in [-0.2, -0.15) is 0 Å². The van der Waals surface area contributed by atoms with Crippen molar-refractivity contribution in [3.05, 3.63) is 53.8 Å². The molecule has 0 saturated carbocycles. The van der Waals surface area contributed by atoms with Gasteiger partial charge in [0.2, 0.25) is 5.91 Å². The zero-order valence-corrected chi connectivity index (χ0v) is 14.0. The van der Waals surface area contributed by atoms with E-state index >= 15 is 0 Å². The summed E-state index contributed by atoms with van der Waals surface area (Å²) in [5.74, 6) is -0.114. The van der Waals surface area contributed by atoms with Gasteiger partial charge in [0.25, 0.3) is 0 Å². The summed E-state index contributed by atoms with van der Waals surface area (Å²) in [4.78, 5) is 14.5. The number of nitrogens with zero attached hydrogens (tertiary/aromatic N) is 1. The van der Waals surface area contributed by atoms with Crippen molar-refractivity contribution in [3.8, 4) is 11.1 Å². The number of benzene rings is 2. The summed E-state index contributed by atoms with van der Waals surface area (Å²) in [5.41, 5.74) is 3.95. The number of fused-ring (bicyclic) bond motifs is 1. The standard InChI is InChI=1S/C20H21FN2O2/c21-17-3-1-2-14(11-17)15-4-5-19-16(10-15)6-8-23(19)20(24)12-18-13-25-9-7-22-18/h1-5,10-11,18,22H,6-9,12-13H2. The molecule has 130 valence electrons. The Morgan fingerprint density at radius 3 is 2.92 bits per heavy atom. The van der Waals surface area contributed by atoms with Crippen LogP contribution >= 0.6 is 0 Å². The molecule has 0 spiro atoms. The zero-order chi connectivity index (χ0) is 17.2. The number of amides is 1. The Balaban J connectivity index is 1.52. The molecule has 0 radical (unpaired) electrons. The first-order chi connectivity index (χ1) is 12.2. The summed E-state index contributed by atoms with van der Waals surface area (Å²) in [7, 11) is 0. The van der Waals surface area contributed by atoms with E-state index in [0.717, 1.165) is 35.3 Å². The first kappa shape index (κ1) is 16.2. The lowest BCUT2D eigenvalue weighted by Crippen LogP contribution is -2.45. The highest BCUT2D eigenvalue weighted by Gasteiger charge is 2.27. The second-order valence-electron chi connectivity index (χ2n) is 6.58. The number of nitrogens with one attached hydrogen (secondary N) is 1. The van der Waals surface area contributed by atoms with Gasteiger partial charge in [0.05, 0.1) is 13.2 Å². The molecule has 0 bridgehead atoms. The molecule has 0 aromatic heterocycles. The van der Waals surface area contributed by atoms with Gasteiger partial charge >= 0.3 is 0 Å². The van der Waals surface area contributed by atoms with Gasteiger partial charge in [-0.1, -0.05) is 18.2 Å². The van der Waals surface area contributed by atoms with Crippen LogP contribution in [0.25, 0.3) is 11.1 Å². The lowest BCUT2D eigenvalue weighted by molar-refractivity contribution is -0.119. The van der Waals surface area contributed by atoms with Crippen molar-refractivity contribution in [2.45, 2.75) is 18.9 Å². The number of halogens is 1. The van der Waals surface area contributed by atoms with Gasteiger partial charge in [-0.3, -0.25) is 4.79 Å². The van der Waals surface area contributed by atoms with Crippen LogP contribution in [0, 0.1) is 5.82 Å². The van der Waals surface area contributed by atoms with Crippen LogP contribution in [0.3, 0.4) is 0 Å². The maximum Gasteiger partial charge on any atom is 0.228 e. The SMILES string of the molecule is O=C(CC1COCCN1)N1CCc2cc(-c3cccc(F)c3)ccc21. The van der Waals surface area contributed by atoms with Crippen LogP contribution in [0.15, 0.2) is 42.5 Å². The van der Waals surface area contributed by atoms with Crippen molar-refractivity contribution in [1.82, 2.24) is 5.32 Å². The third-order valence-corrected chi connectivity index (χ3v) is 4.85. The van der Waals surface area contributed by atoms with Gasteiger partial charge < -0.3 is 15.0 Å². The highest BCUT2D eigenvalue weighted by atomic mass is 19.1. The Hall–Kier alpha value is -2.24. The van der Waals surface area contributed by atoms with Crippen molar-refractivity contribution >= 4 is 11.6 Å². The third-order valence-electron chi connectivity index (χ3n) is 4.85. The zero-order valence-electron chi connectivity index (χ0n) is 14.0. The van der Waals surface area contributed by atoms with Crippen LogP contribution in [0.5, 0.6) is 0 Å². The summed E-state index contributed by atoms with van der Waals surface area (Å²) in [6.45, 7) is 2.80. The van der Waals surface area contributed by atoms with Crippen molar-refractivity contribution in [2.75, 3.05) is 31.2 Å². The molecule has 1 unspecified atom stereocenters. The summed E-state index contributed by atoms with van der Waals surface area (Å²) in [5, 5.41) is 3.33. The lowest BCUT2D eigenvalue weighted by atomic mass is 10.0. The first-order valence-corrected chi connectivity index (χ1v) is 8.71. The van der Waals surface area contributed by atoms with E-state index in [-0.39, 0.29) is 17.8 Å². The van der Waals surface area contributed by atoms with E-state index in [9.17, 15) is 9.18 Å². The van der Waals surface area contributed by atoms with Gasteiger partial charge in [-0.05, 0) is 47.4 Å². The number of morpholine rings is 1. The number of carbonyl (C=O) groups is 1. The Labute approximate surface area is 146 Å². The molecule has 25 heavy (non-hydrogen) atoms. The molecule has 1 fully saturated rings. The summed E-state index contributed by atoms with van der Waals surface area (Å²) >= 11 is 0. The minimum atomic E-state index is -0.239.